The van der Waals surface area contributed by atoms with Crippen LogP contribution in [0.4, 0.5) is 5.69 Å². The van der Waals surface area contributed by atoms with Gasteiger partial charge in [-0.15, -0.1) is 0 Å². The number of anilines is 1. The van der Waals surface area contributed by atoms with E-state index in [-0.39, 0.29) is 11.8 Å². The largest absolute Gasteiger partial charge is 0.366 e. The van der Waals surface area contributed by atoms with Crippen LogP contribution in [0, 0.1) is 16.4 Å². The van der Waals surface area contributed by atoms with Crippen LogP contribution < -0.4 is 11.1 Å². The maximum atomic E-state index is 12.5. The first-order chi connectivity index (χ1) is 10.3. The Morgan fingerprint density at radius 2 is 2.00 bits per heavy atom. The van der Waals surface area contributed by atoms with Crippen LogP contribution in [0.2, 0.25) is 0 Å². The molecule has 1 aromatic rings. The molecule has 0 bridgehead atoms. The molecule has 0 atom stereocenters. The predicted octanol–water partition coefficient (Wildman–Crippen LogP) is 2.74. The fourth-order valence-electron chi connectivity index (χ4n) is 2.60. The molecule has 0 aliphatic carbocycles. The van der Waals surface area contributed by atoms with Crippen LogP contribution in [0.25, 0.3) is 0 Å². The van der Waals surface area contributed by atoms with Crippen molar-refractivity contribution < 1.29 is 9.59 Å². The number of carbonyl (C=O) groups excluding carboxylic acids is 2. The number of carbonyl (C=O) groups is 2. The molecule has 5 nitrogen and oxygen atoms in total. The number of piperidine rings is 1. The Bertz CT molecular complexity index is 613. The number of primary amides is 1. The van der Waals surface area contributed by atoms with Gasteiger partial charge < -0.3 is 16.0 Å². The highest BCUT2D eigenvalue weighted by Gasteiger charge is 2.25. The van der Waals surface area contributed by atoms with Crippen molar-refractivity contribution in [2.45, 2.75) is 19.8 Å². The van der Waals surface area contributed by atoms with Crippen molar-refractivity contribution in [3.8, 4) is 0 Å². The minimum Gasteiger partial charge on any atom is -0.366 e. The lowest BCUT2D eigenvalue weighted by Crippen LogP contribution is -2.36. The highest BCUT2D eigenvalue weighted by molar-refractivity contribution is 14.1. The van der Waals surface area contributed by atoms with Crippen molar-refractivity contribution in [2.75, 3.05) is 25.5 Å². The fourth-order valence-corrected chi connectivity index (χ4v) is 3.63. The zero-order chi connectivity index (χ0) is 16.4. The smallest absolute Gasteiger partial charge is 0.250 e. The normalized spacial score (nSPS) is 16.5. The Balaban J connectivity index is 2.27. The van der Waals surface area contributed by atoms with Gasteiger partial charge in [0.25, 0.3) is 5.91 Å². The van der Waals surface area contributed by atoms with Crippen molar-refractivity contribution in [1.29, 1.82) is 0 Å². The lowest BCUT2D eigenvalue weighted by Gasteiger charge is -2.28. The van der Waals surface area contributed by atoms with E-state index >= 15 is 0 Å². The van der Waals surface area contributed by atoms with Gasteiger partial charge in [0, 0.05) is 14.0 Å². The van der Waals surface area contributed by atoms with Crippen LogP contribution in [0.15, 0.2) is 10.5 Å². The number of nitrogens with two attached hydrogens (primary N) is 1. The van der Waals surface area contributed by atoms with E-state index in [0.29, 0.717) is 11.3 Å². The average molecular weight is 480 g/mol. The second kappa shape index (κ2) is 7.27. The molecule has 1 aromatic carbocycles. The van der Waals surface area contributed by atoms with Gasteiger partial charge in [0.2, 0.25) is 5.91 Å². The highest BCUT2D eigenvalue weighted by Crippen LogP contribution is 2.33. The molecule has 1 heterocycles. The van der Waals surface area contributed by atoms with E-state index in [1.165, 1.54) is 0 Å². The predicted molar refractivity (Wildman–Crippen MR) is 99.0 cm³/mol. The van der Waals surface area contributed by atoms with Crippen LogP contribution in [-0.4, -0.2) is 36.9 Å². The van der Waals surface area contributed by atoms with Crippen molar-refractivity contribution in [1.82, 2.24) is 4.90 Å². The van der Waals surface area contributed by atoms with E-state index < -0.39 is 5.91 Å². The number of amides is 2. The van der Waals surface area contributed by atoms with Crippen LogP contribution in [0.3, 0.4) is 0 Å². The topological polar surface area (TPSA) is 75.4 Å². The lowest BCUT2D eigenvalue weighted by atomic mass is 9.95. The van der Waals surface area contributed by atoms with Crippen LogP contribution in [-0.2, 0) is 4.79 Å². The summed E-state index contributed by atoms with van der Waals surface area (Å²) < 4.78 is 1.76. The van der Waals surface area contributed by atoms with E-state index in [1.807, 2.05) is 6.92 Å². The maximum absolute atomic E-state index is 12.5. The Labute approximate surface area is 152 Å². The minimum atomic E-state index is -0.535. The first-order valence-electron chi connectivity index (χ1n) is 7.09. The second-order valence-electron chi connectivity index (χ2n) is 5.65. The van der Waals surface area contributed by atoms with Gasteiger partial charge in [-0.2, -0.15) is 0 Å². The van der Waals surface area contributed by atoms with E-state index in [4.69, 9.17) is 5.73 Å². The second-order valence-corrected chi connectivity index (χ2v) is 7.61. The molecule has 2 rings (SSSR count). The minimum absolute atomic E-state index is 0.0191. The Kier molecular flexibility index (Phi) is 5.84. The Morgan fingerprint density at radius 3 is 2.55 bits per heavy atom. The molecule has 120 valence electrons. The maximum Gasteiger partial charge on any atom is 0.250 e. The van der Waals surface area contributed by atoms with Crippen molar-refractivity contribution in [2.24, 2.45) is 11.7 Å². The summed E-state index contributed by atoms with van der Waals surface area (Å²) in [7, 11) is 2.06. The number of nitrogens with one attached hydrogen (secondary N) is 1. The zero-order valence-corrected chi connectivity index (χ0v) is 16.3. The summed E-state index contributed by atoms with van der Waals surface area (Å²) in [6, 6.07) is 1.70. The Morgan fingerprint density at radius 1 is 1.41 bits per heavy atom. The summed E-state index contributed by atoms with van der Waals surface area (Å²) in [6.45, 7) is 3.69. The molecule has 7 heteroatoms. The van der Waals surface area contributed by atoms with E-state index in [1.54, 1.807) is 6.07 Å². The van der Waals surface area contributed by atoms with Crippen LogP contribution in [0.5, 0.6) is 0 Å². The van der Waals surface area contributed by atoms with Gasteiger partial charge >= 0.3 is 0 Å². The molecule has 1 aliphatic heterocycles. The molecule has 1 aliphatic rings. The molecule has 0 radical (unpaired) electrons. The van der Waals surface area contributed by atoms with Crippen LogP contribution >= 0.6 is 38.5 Å². The fraction of sp³-hybridized carbons (Fsp3) is 0.467. The van der Waals surface area contributed by atoms with Crippen molar-refractivity contribution in [3.05, 3.63) is 25.2 Å². The summed E-state index contributed by atoms with van der Waals surface area (Å²) in [4.78, 5) is 26.4. The van der Waals surface area contributed by atoms with Gasteiger partial charge in [-0.05, 0) is 90.1 Å². The number of hydrogen-bond acceptors (Lipinski definition) is 3. The first-order valence-corrected chi connectivity index (χ1v) is 8.96. The van der Waals surface area contributed by atoms with Crippen molar-refractivity contribution in [3.63, 3.8) is 0 Å². The Hall–Kier alpha value is -0.670. The molecule has 0 unspecified atom stereocenters. The summed E-state index contributed by atoms with van der Waals surface area (Å²) in [5, 5.41) is 2.92. The van der Waals surface area contributed by atoms with E-state index in [2.05, 4.69) is 55.8 Å². The molecule has 22 heavy (non-hydrogen) atoms. The summed E-state index contributed by atoms with van der Waals surface area (Å²) in [5.74, 6) is -0.589. The molecule has 0 saturated carbocycles. The summed E-state index contributed by atoms with van der Waals surface area (Å²) in [5.41, 5.74) is 7.15. The monoisotopic (exact) mass is 479 g/mol. The molecule has 0 aromatic heterocycles. The lowest BCUT2D eigenvalue weighted by molar-refractivity contribution is -0.121. The molecular formula is C15H19BrIN3O2. The van der Waals surface area contributed by atoms with Gasteiger partial charge in [-0.25, -0.2) is 0 Å². The molecule has 1 saturated heterocycles. The summed E-state index contributed by atoms with van der Waals surface area (Å²) in [6.07, 6.45) is 1.66. The average Bonchev–Trinajstić information content (AvgIpc) is 2.47. The third-order valence-corrected chi connectivity index (χ3v) is 6.67. The number of likely N-dealkylation sites (tertiary alicyclic amines) is 1. The van der Waals surface area contributed by atoms with Crippen LogP contribution in [0.1, 0.15) is 28.8 Å². The van der Waals surface area contributed by atoms with Gasteiger partial charge in [-0.1, -0.05) is 0 Å². The molecule has 1 fully saturated rings. The molecule has 2 amide bonds. The number of rotatable bonds is 3. The highest BCUT2D eigenvalue weighted by atomic mass is 127. The molecule has 3 N–H and O–H groups in total. The molecular weight excluding hydrogens is 461 g/mol. The quantitative estimate of drug-likeness (QED) is 0.654. The van der Waals surface area contributed by atoms with E-state index in [0.717, 1.165) is 39.5 Å². The third kappa shape index (κ3) is 3.80. The number of halogens is 2. The molecule has 0 spiro atoms. The zero-order valence-electron chi connectivity index (χ0n) is 12.6. The standard InChI is InChI=1S/C15H19BrIN3O2/c1-8-12(16)11(17)7-10(14(18)21)13(8)19-15(22)9-3-5-20(2)6-4-9/h7,9H,3-6H2,1-2H3,(H2,18,21)(H,19,22). The number of nitrogens with zero attached hydrogens (tertiary/aromatic N) is 1. The van der Waals surface area contributed by atoms with Gasteiger partial charge in [0.15, 0.2) is 0 Å². The van der Waals surface area contributed by atoms with Gasteiger partial charge in [0.1, 0.15) is 0 Å². The number of benzene rings is 1. The van der Waals surface area contributed by atoms with E-state index in [9.17, 15) is 9.59 Å². The SMILES string of the molecule is Cc1c(Br)c(I)cc(C(N)=O)c1NC(=O)C1CCN(C)CC1. The van der Waals surface area contributed by atoms with Gasteiger partial charge in [-0.3, -0.25) is 9.59 Å². The first kappa shape index (κ1) is 17.7. The summed E-state index contributed by atoms with van der Waals surface area (Å²) >= 11 is 5.62. The number of hydrogen-bond donors (Lipinski definition) is 2. The van der Waals surface area contributed by atoms with Gasteiger partial charge in [0.05, 0.1) is 11.3 Å². The third-order valence-electron chi connectivity index (χ3n) is 4.06. The van der Waals surface area contributed by atoms with Crippen molar-refractivity contribution >= 4 is 56.0 Å².